The van der Waals surface area contributed by atoms with Gasteiger partial charge in [-0.1, -0.05) is 30.3 Å². The SMILES string of the molecule is CCOC(=O)/C(F)=C/C(c1ccccc1)S(=O)(=O)OC. The van der Waals surface area contributed by atoms with Crippen LogP contribution in [0.15, 0.2) is 42.2 Å². The van der Waals surface area contributed by atoms with Crippen LogP contribution in [0.2, 0.25) is 0 Å². The van der Waals surface area contributed by atoms with Crippen LogP contribution in [0.3, 0.4) is 0 Å². The molecular weight excluding hydrogens is 287 g/mol. The predicted octanol–water partition coefficient (Wildman–Crippen LogP) is 2.12. The van der Waals surface area contributed by atoms with Crippen LogP contribution in [0.25, 0.3) is 0 Å². The van der Waals surface area contributed by atoms with Crippen LogP contribution in [0.4, 0.5) is 4.39 Å². The maximum Gasteiger partial charge on any atom is 0.366 e. The number of esters is 1. The Balaban J connectivity index is 3.21. The molecule has 1 aromatic carbocycles. The van der Waals surface area contributed by atoms with Crippen LogP contribution < -0.4 is 0 Å². The number of rotatable bonds is 6. The number of hydrogen-bond acceptors (Lipinski definition) is 5. The first-order valence-electron chi connectivity index (χ1n) is 5.81. The van der Waals surface area contributed by atoms with Crippen molar-refractivity contribution in [1.29, 1.82) is 0 Å². The number of ether oxygens (including phenoxy) is 1. The average molecular weight is 302 g/mol. The Labute approximate surface area is 117 Å². The van der Waals surface area contributed by atoms with Crippen LogP contribution in [0, 0.1) is 0 Å². The largest absolute Gasteiger partial charge is 0.461 e. The zero-order valence-electron chi connectivity index (χ0n) is 11.1. The predicted molar refractivity (Wildman–Crippen MR) is 70.9 cm³/mol. The molecule has 0 aliphatic rings. The first-order chi connectivity index (χ1) is 9.42. The minimum atomic E-state index is -4.08. The van der Waals surface area contributed by atoms with Crippen LogP contribution in [-0.4, -0.2) is 28.1 Å². The maximum absolute atomic E-state index is 13.7. The summed E-state index contributed by atoms with van der Waals surface area (Å²) in [6.45, 7) is 1.51. The Morgan fingerprint density at radius 3 is 2.45 bits per heavy atom. The Morgan fingerprint density at radius 1 is 1.35 bits per heavy atom. The number of hydrogen-bond donors (Lipinski definition) is 0. The van der Waals surface area contributed by atoms with Gasteiger partial charge in [-0.2, -0.15) is 12.8 Å². The van der Waals surface area contributed by atoms with E-state index in [9.17, 15) is 17.6 Å². The highest BCUT2D eigenvalue weighted by Gasteiger charge is 2.27. The highest BCUT2D eigenvalue weighted by Crippen LogP contribution is 2.26. The van der Waals surface area contributed by atoms with E-state index in [1.54, 1.807) is 18.2 Å². The van der Waals surface area contributed by atoms with Gasteiger partial charge in [-0.15, -0.1) is 0 Å². The molecule has 0 heterocycles. The van der Waals surface area contributed by atoms with Gasteiger partial charge < -0.3 is 4.74 Å². The molecule has 5 nitrogen and oxygen atoms in total. The molecule has 20 heavy (non-hydrogen) atoms. The highest BCUT2D eigenvalue weighted by atomic mass is 32.2. The molecule has 0 bridgehead atoms. The molecule has 0 N–H and O–H groups in total. The van der Waals surface area contributed by atoms with Crippen molar-refractivity contribution >= 4 is 16.1 Å². The Morgan fingerprint density at radius 2 is 1.95 bits per heavy atom. The molecule has 7 heteroatoms. The van der Waals surface area contributed by atoms with E-state index in [1.165, 1.54) is 19.1 Å². The lowest BCUT2D eigenvalue weighted by atomic mass is 10.1. The van der Waals surface area contributed by atoms with E-state index in [2.05, 4.69) is 8.92 Å². The lowest BCUT2D eigenvalue weighted by Crippen LogP contribution is -2.15. The summed E-state index contributed by atoms with van der Waals surface area (Å²) in [6, 6.07) is 7.88. The van der Waals surface area contributed by atoms with Crippen molar-refractivity contribution in [2.45, 2.75) is 12.2 Å². The van der Waals surface area contributed by atoms with Gasteiger partial charge in [0.25, 0.3) is 10.1 Å². The lowest BCUT2D eigenvalue weighted by molar-refractivity contribution is -0.140. The first kappa shape index (κ1) is 16.3. The summed E-state index contributed by atoms with van der Waals surface area (Å²) < 4.78 is 46.2. The first-order valence-corrected chi connectivity index (χ1v) is 7.28. The molecule has 0 saturated heterocycles. The van der Waals surface area contributed by atoms with E-state index in [-0.39, 0.29) is 12.2 Å². The van der Waals surface area contributed by atoms with E-state index in [4.69, 9.17) is 0 Å². The summed E-state index contributed by atoms with van der Waals surface area (Å²) in [5.41, 5.74) is 0.286. The summed E-state index contributed by atoms with van der Waals surface area (Å²) >= 11 is 0. The van der Waals surface area contributed by atoms with Gasteiger partial charge in [0.05, 0.1) is 13.7 Å². The number of carbonyl (C=O) groups is 1. The molecule has 0 amide bonds. The minimum Gasteiger partial charge on any atom is -0.461 e. The summed E-state index contributed by atoms with van der Waals surface area (Å²) in [7, 11) is -3.11. The van der Waals surface area contributed by atoms with Crippen LogP contribution in [-0.2, 0) is 23.8 Å². The molecule has 0 aromatic heterocycles. The van der Waals surface area contributed by atoms with Crippen molar-refractivity contribution in [2.24, 2.45) is 0 Å². The minimum absolute atomic E-state index is 0.00682. The van der Waals surface area contributed by atoms with Crippen molar-refractivity contribution in [3.05, 3.63) is 47.8 Å². The van der Waals surface area contributed by atoms with E-state index < -0.39 is 27.2 Å². The van der Waals surface area contributed by atoms with Gasteiger partial charge in [0.2, 0.25) is 5.83 Å². The summed E-state index contributed by atoms with van der Waals surface area (Å²) in [5, 5.41) is -1.42. The fourth-order valence-corrected chi connectivity index (χ4v) is 2.48. The van der Waals surface area contributed by atoms with E-state index in [0.29, 0.717) is 6.08 Å². The van der Waals surface area contributed by atoms with Gasteiger partial charge in [-0.05, 0) is 18.6 Å². The van der Waals surface area contributed by atoms with Crippen LogP contribution in [0.1, 0.15) is 17.7 Å². The van der Waals surface area contributed by atoms with Crippen molar-refractivity contribution in [3.63, 3.8) is 0 Å². The number of carbonyl (C=O) groups excluding carboxylic acids is 1. The van der Waals surface area contributed by atoms with Crippen molar-refractivity contribution in [1.82, 2.24) is 0 Å². The molecule has 1 unspecified atom stereocenters. The lowest BCUT2D eigenvalue weighted by Gasteiger charge is -2.12. The normalized spacial score (nSPS) is 13.8. The third-order valence-electron chi connectivity index (χ3n) is 2.44. The topological polar surface area (TPSA) is 69.7 Å². The molecule has 0 aliphatic carbocycles. The molecule has 110 valence electrons. The van der Waals surface area contributed by atoms with Gasteiger partial charge in [-0.25, -0.2) is 4.79 Å². The maximum atomic E-state index is 13.7. The molecule has 1 atom stereocenters. The molecule has 0 aliphatic heterocycles. The molecule has 1 rings (SSSR count). The van der Waals surface area contributed by atoms with E-state index in [1.807, 2.05) is 0 Å². The zero-order chi connectivity index (χ0) is 15.2. The quantitative estimate of drug-likeness (QED) is 0.457. The number of halogens is 1. The Hall–Kier alpha value is -1.73. The summed E-state index contributed by atoms with van der Waals surface area (Å²) in [5.74, 6) is -2.49. The van der Waals surface area contributed by atoms with Gasteiger partial charge in [0.15, 0.2) is 0 Å². The van der Waals surface area contributed by atoms with Crippen LogP contribution >= 0.6 is 0 Å². The van der Waals surface area contributed by atoms with Gasteiger partial charge >= 0.3 is 5.97 Å². The molecular formula is C13H15FO5S. The van der Waals surface area contributed by atoms with Crippen LogP contribution in [0.5, 0.6) is 0 Å². The standard InChI is InChI=1S/C13H15FO5S/c1-3-19-13(15)11(14)9-12(20(16,17)18-2)10-7-5-4-6-8-10/h4-9,12H,3H2,1-2H3/b11-9-. The van der Waals surface area contributed by atoms with Crippen molar-refractivity contribution < 1.29 is 26.5 Å². The van der Waals surface area contributed by atoms with Gasteiger partial charge in [0.1, 0.15) is 5.25 Å². The second-order valence-electron chi connectivity index (χ2n) is 3.73. The molecule has 0 fully saturated rings. The van der Waals surface area contributed by atoms with E-state index in [0.717, 1.165) is 7.11 Å². The molecule has 0 spiro atoms. The summed E-state index contributed by atoms with van der Waals surface area (Å²) in [4.78, 5) is 11.2. The van der Waals surface area contributed by atoms with Crippen molar-refractivity contribution in [3.8, 4) is 0 Å². The smallest absolute Gasteiger partial charge is 0.366 e. The molecule has 0 radical (unpaired) electrons. The van der Waals surface area contributed by atoms with E-state index >= 15 is 0 Å². The van der Waals surface area contributed by atoms with Gasteiger partial charge in [0, 0.05) is 0 Å². The number of benzene rings is 1. The second kappa shape index (κ2) is 7.16. The fourth-order valence-electron chi connectivity index (χ4n) is 1.49. The zero-order valence-corrected chi connectivity index (χ0v) is 11.9. The van der Waals surface area contributed by atoms with Gasteiger partial charge in [-0.3, -0.25) is 4.18 Å². The third kappa shape index (κ3) is 4.14. The monoisotopic (exact) mass is 302 g/mol. The Bertz CT molecular complexity index is 580. The summed E-state index contributed by atoms with van der Waals surface area (Å²) in [6.07, 6.45) is 0.673. The second-order valence-corrected chi connectivity index (χ2v) is 5.55. The molecule has 1 aromatic rings. The third-order valence-corrected chi connectivity index (χ3v) is 3.93. The average Bonchev–Trinajstić information content (AvgIpc) is 2.45. The Kier molecular flexibility index (Phi) is 5.84. The fraction of sp³-hybridized carbons (Fsp3) is 0.308. The molecule has 0 saturated carbocycles. The van der Waals surface area contributed by atoms with Crippen molar-refractivity contribution in [2.75, 3.05) is 13.7 Å². The highest BCUT2D eigenvalue weighted by molar-refractivity contribution is 7.87.